The van der Waals surface area contributed by atoms with Crippen molar-refractivity contribution in [2.24, 2.45) is 9.39 Å². The van der Waals surface area contributed by atoms with Crippen LogP contribution in [0.3, 0.4) is 0 Å². The molecule has 27 heavy (non-hydrogen) atoms. The Kier molecular flexibility index (Phi) is 4.05. The molecular formula is C20H17N3O3S. The van der Waals surface area contributed by atoms with Gasteiger partial charge in [-0.15, -0.1) is 4.40 Å². The van der Waals surface area contributed by atoms with E-state index in [0.717, 1.165) is 5.56 Å². The maximum atomic E-state index is 12.8. The molecule has 2 aromatic carbocycles. The summed E-state index contributed by atoms with van der Waals surface area (Å²) in [6.07, 6.45) is 6.84. The third-order valence-corrected chi connectivity index (χ3v) is 5.70. The number of aryl methyl sites for hydroxylation is 1. The van der Waals surface area contributed by atoms with Crippen LogP contribution >= 0.6 is 0 Å². The molecule has 1 N–H and O–H groups in total. The molecule has 136 valence electrons. The van der Waals surface area contributed by atoms with Crippen LogP contribution in [0.4, 0.5) is 0 Å². The second kappa shape index (κ2) is 6.29. The van der Waals surface area contributed by atoms with E-state index in [0.29, 0.717) is 11.4 Å². The summed E-state index contributed by atoms with van der Waals surface area (Å²) in [4.78, 5) is 5.85. The summed E-state index contributed by atoms with van der Waals surface area (Å²) >= 11 is 0. The molecule has 0 saturated carbocycles. The molecule has 0 radical (unpaired) electrons. The molecule has 2 aliphatic rings. The fourth-order valence-electron chi connectivity index (χ4n) is 2.99. The second-order valence-electron chi connectivity index (χ2n) is 6.28. The number of benzene rings is 2. The van der Waals surface area contributed by atoms with E-state index in [1.165, 1.54) is 17.0 Å². The normalized spacial score (nSPS) is 22.8. The number of aliphatic hydroxyl groups is 1. The molecule has 2 heterocycles. The van der Waals surface area contributed by atoms with Gasteiger partial charge in [-0.3, -0.25) is 4.90 Å². The quantitative estimate of drug-likeness (QED) is 0.889. The fourth-order valence-corrected chi connectivity index (χ4v) is 3.97. The average molecular weight is 379 g/mol. The van der Waals surface area contributed by atoms with Crippen molar-refractivity contribution in [3.63, 3.8) is 0 Å². The van der Waals surface area contributed by atoms with E-state index in [-0.39, 0.29) is 10.7 Å². The van der Waals surface area contributed by atoms with E-state index in [4.69, 9.17) is 0 Å². The predicted molar refractivity (Wildman–Crippen MR) is 104 cm³/mol. The van der Waals surface area contributed by atoms with Crippen molar-refractivity contribution < 1.29 is 13.5 Å². The van der Waals surface area contributed by atoms with Crippen LogP contribution in [-0.4, -0.2) is 30.1 Å². The maximum Gasteiger partial charge on any atom is 0.284 e. The lowest BCUT2D eigenvalue weighted by atomic mass is 10.0. The number of aliphatic imine (C=N–C) groups is 1. The van der Waals surface area contributed by atoms with E-state index in [9.17, 15) is 13.5 Å². The zero-order valence-corrected chi connectivity index (χ0v) is 15.3. The zero-order valence-electron chi connectivity index (χ0n) is 14.5. The molecule has 0 aliphatic carbocycles. The summed E-state index contributed by atoms with van der Waals surface area (Å²) in [6.45, 7) is 1.87. The van der Waals surface area contributed by atoms with Crippen LogP contribution in [-0.2, 0) is 15.7 Å². The number of amidine groups is 2. The van der Waals surface area contributed by atoms with Crippen LogP contribution in [0.5, 0.6) is 0 Å². The molecule has 0 aromatic heterocycles. The van der Waals surface area contributed by atoms with Crippen LogP contribution in [0.25, 0.3) is 0 Å². The molecular weight excluding hydrogens is 362 g/mol. The molecule has 2 aliphatic heterocycles. The van der Waals surface area contributed by atoms with Gasteiger partial charge >= 0.3 is 0 Å². The van der Waals surface area contributed by atoms with Crippen LogP contribution in [0.15, 0.2) is 93.3 Å². The number of allylic oxidation sites excluding steroid dienone is 2. The molecule has 1 unspecified atom stereocenters. The highest BCUT2D eigenvalue weighted by atomic mass is 32.2. The minimum absolute atomic E-state index is 0.0483. The molecule has 0 saturated heterocycles. The van der Waals surface area contributed by atoms with Crippen LogP contribution < -0.4 is 0 Å². The Balaban J connectivity index is 1.88. The lowest BCUT2D eigenvalue weighted by Gasteiger charge is -2.33. The Labute approximate surface area is 157 Å². The van der Waals surface area contributed by atoms with Crippen molar-refractivity contribution in [3.8, 4) is 0 Å². The number of sulfonamides is 1. The summed E-state index contributed by atoms with van der Waals surface area (Å²) in [5, 5.41) is 11.5. The molecule has 4 rings (SSSR count). The number of hydrogen-bond acceptors (Lipinski definition) is 4. The Morgan fingerprint density at radius 3 is 2.44 bits per heavy atom. The topological polar surface area (TPSA) is 82.3 Å². The fraction of sp³-hybridized carbons (Fsp3) is 0.100. The van der Waals surface area contributed by atoms with Gasteiger partial charge in [0.15, 0.2) is 0 Å². The van der Waals surface area contributed by atoms with Crippen LogP contribution in [0.1, 0.15) is 11.1 Å². The summed E-state index contributed by atoms with van der Waals surface area (Å²) in [7, 11) is -4.04. The highest BCUT2D eigenvalue weighted by molar-refractivity contribution is 7.90. The average Bonchev–Trinajstić information content (AvgIpc) is 2.95. The number of nitrogens with zero attached hydrogens (tertiary/aromatic N) is 3. The van der Waals surface area contributed by atoms with Gasteiger partial charge in [0.25, 0.3) is 10.0 Å². The lowest BCUT2D eigenvalue weighted by Crippen LogP contribution is -2.46. The van der Waals surface area contributed by atoms with Gasteiger partial charge in [0, 0.05) is 11.8 Å². The highest BCUT2D eigenvalue weighted by Gasteiger charge is 2.48. The summed E-state index contributed by atoms with van der Waals surface area (Å²) in [6, 6.07) is 15.1. The Morgan fingerprint density at radius 1 is 1.04 bits per heavy atom. The number of fused-ring (bicyclic) bond motifs is 1. The van der Waals surface area contributed by atoms with Crippen molar-refractivity contribution in [1.82, 2.24) is 4.90 Å². The van der Waals surface area contributed by atoms with Gasteiger partial charge in [0.1, 0.15) is 5.84 Å². The van der Waals surface area contributed by atoms with Crippen LogP contribution in [0.2, 0.25) is 0 Å². The first kappa shape index (κ1) is 17.4. The van der Waals surface area contributed by atoms with E-state index in [2.05, 4.69) is 9.39 Å². The minimum Gasteiger partial charge on any atom is -0.360 e. The largest absolute Gasteiger partial charge is 0.360 e. The van der Waals surface area contributed by atoms with Gasteiger partial charge in [0.05, 0.1) is 4.90 Å². The predicted octanol–water partition coefficient (Wildman–Crippen LogP) is 2.73. The monoisotopic (exact) mass is 379 g/mol. The smallest absolute Gasteiger partial charge is 0.284 e. The van der Waals surface area contributed by atoms with Gasteiger partial charge < -0.3 is 5.11 Å². The lowest BCUT2D eigenvalue weighted by molar-refractivity contribution is 0.0222. The van der Waals surface area contributed by atoms with E-state index in [1.54, 1.807) is 60.8 Å². The van der Waals surface area contributed by atoms with Gasteiger partial charge in [-0.05, 0) is 31.2 Å². The minimum atomic E-state index is -4.04. The SMILES string of the molecule is Cc1ccc(S(=O)(=O)N=C2N=C3C=CC=CN3C2(O)c2ccccc2)cc1. The number of rotatable bonds is 3. The zero-order chi connectivity index (χ0) is 19.1. The van der Waals surface area contributed by atoms with Gasteiger partial charge in [0.2, 0.25) is 11.6 Å². The Bertz CT molecular complexity index is 1100. The van der Waals surface area contributed by atoms with Crippen molar-refractivity contribution in [2.75, 3.05) is 0 Å². The Morgan fingerprint density at radius 2 is 1.74 bits per heavy atom. The van der Waals surface area contributed by atoms with Crippen molar-refractivity contribution >= 4 is 21.7 Å². The number of hydrogen-bond donors (Lipinski definition) is 1. The maximum absolute atomic E-state index is 12.8. The first-order chi connectivity index (χ1) is 12.9. The third-order valence-electron chi connectivity index (χ3n) is 4.42. The molecule has 2 aromatic rings. The highest BCUT2D eigenvalue weighted by Crippen LogP contribution is 2.36. The van der Waals surface area contributed by atoms with Crippen molar-refractivity contribution in [2.45, 2.75) is 17.5 Å². The third kappa shape index (κ3) is 2.90. The summed E-state index contributed by atoms with van der Waals surface area (Å²) in [5.74, 6) is 0.224. The van der Waals surface area contributed by atoms with Crippen LogP contribution in [0, 0.1) is 6.92 Å². The van der Waals surface area contributed by atoms with Crippen molar-refractivity contribution in [3.05, 3.63) is 90.2 Å². The molecule has 0 fully saturated rings. The molecule has 0 bridgehead atoms. The van der Waals surface area contributed by atoms with Gasteiger partial charge in [-0.2, -0.15) is 8.42 Å². The van der Waals surface area contributed by atoms with E-state index < -0.39 is 15.7 Å². The molecule has 0 spiro atoms. The molecule has 0 amide bonds. The first-order valence-electron chi connectivity index (χ1n) is 8.34. The summed E-state index contributed by atoms with van der Waals surface area (Å²) in [5.41, 5.74) is -0.396. The van der Waals surface area contributed by atoms with Gasteiger partial charge in [-0.1, -0.05) is 54.1 Å². The first-order valence-corrected chi connectivity index (χ1v) is 9.78. The van der Waals surface area contributed by atoms with E-state index in [1.807, 2.05) is 13.0 Å². The van der Waals surface area contributed by atoms with E-state index >= 15 is 0 Å². The van der Waals surface area contributed by atoms with Crippen molar-refractivity contribution in [1.29, 1.82) is 0 Å². The molecule has 7 heteroatoms. The second-order valence-corrected chi connectivity index (χ2v) is 7.89. The van der Waals surface area contributed by atoms with Gasteiger partial charge in [-0.25, -0.2) is 4.99 Å². The Hall–Kier alpha value is -3.03. The molecule has 1 atom stereocenters. The molecule has 6 nitrogen and oxygen atoms in total. The standard InChI is InChI=1S/C20H17N3O3S/c1-15-10-12-17(13-11-15)27(25,26)22-19-20(24,16-7-3-2-4-8-16)23-14-6-5-9-18(23)21-19/h2-14,24H,1H3. The summed E-state index contributed by atoms with van der Waals surface area (Å²) < 4.78 is 29.5.